The second-order valence-corrected chi connectivity index (χ2v) is 14.4. The number of aromatic nitrogens is 2. The summed E-state index contributed by atoms with van der Waals surface area (Å²) in [6.07, 6.45) is 0.314. The fourth-order valence-electron chi connectivity index (χ4n) is 3.89. The summed E-state index contributed by atoms with van der Waals surface area (Å²) < 4.78 is 8.19. The highest BCUT2D eigenvalue weighted by Crippen LogP contribution is 2.40. The van der Waals surface area contributed by atoms with Crippen LogP contribution in [0.25, 0.3) is 22.3 Å². The molecule has 0 radical (unpaired) electrons. The number of para-hydroxylation sites is 1. The molecule has 0 amide bonds. The third kappa shape index (κ3) is 3.24. The number of carbonyl (C=O) groups excluding carboxylic acids is 1. The smallest absolute Gasteiger partial charge is 0.257 e. The molecule has 1 unspecified atom stereocenters. The predicted octanol–water partition coefficient (Wildman–Crippen LogP) is 5.32. The number of hydrogen-bond acceptors (Lipinski definition) is 4. The van der Waals surface area contributed by atoms with Crippen molar-refractivity contribution in [2.45, 2.75) is 58.5 Å². The van der Waals surface area contributed by atoms with E-state index in [1.165, 1.54) is 0 Å². The van der Waals surface area contributed by atoms with E-state index in [9.17, 15) is 9.59 Å². The van der Waals surface area contributed by atoms with E-state index < -0.39 is 14.4 Å². The van der Waals surface area contributed by atoms with Gasteiger partial charge in [-0.3, -0.25) is 9.59 Å². The molecule has 4 rings (SSSR count). The van der Waals surface area contributed by atoms with E-state index in [1.807, 2.05) is 31.2 Å². The van der Waals surface area contributed by atoms with Crippen LogP contribution in [0.4, 0.5) is 0 Å². The van der Waals surface area contributed by atoms with Gasteiger partial charge in [0.05, 0.1) is 35.1 Å². The van der Waals surface area contributed by atoms with Gasteiger partial charge in [0.2, 0.25) is 0 Å². The Morgan fingerprint density at radius 2 is 1.90 bits per heavy atom. The van der Waals surface area contributed by atoms with E-state index in [1.54, 1.807) is 10.6 Å². The SMILES string of the molecule is CC(O[Si](C)(C)C(C)(C)C)c1c(C=O)cc2n(c1=O)Cc1cc3ccccc3nc1-2. The van der Waals surface area contributed by atoms with Crippen LogP contribution in [0.5, 0.6) is 0 Å². The van der Waals surface area contributed by atoms with E-state index >= 15 is 0 Å². The van der Waals surface area contributed by atoms with Gasteiger partial charge < -0.3 is 8.99 Å². The predicted molar refractivity (Wildman–Crippen MR) is 123 cm³/mol. The van der Waals surface area contributed by atoms with Crippen molar-refractivity contribution in [3.8, 4) is 11.4 Å². The number of pyridine rings is 2. The molecule has 1 aromatic carbocycles. The number of fused-ring (bicyclic) bond motifs is 4. The summed E-state index contributed by atoms with van der Waals surface area (Å²) in [6, 6.07) is 11.8. The molecule has 1 aliphatic rings. The highest BCUT2D eigenvalue weighted by Gasteiger charge is 2.39. The maximum atomic E-state index is 13.5. The molecular formula is C24H28N2O3Si. The number of carbonyl (C=O) groups is 1. The molecule has 5 nitrogen and oxygen atoms in total. The summed E-state index contributed by atoms with van der Waals surface area (Å²) in [4.78, 5) is 30.2. The second-order valence-electron chi connectivity index (χ2n) is 9.62. The number of rotatable bonds is 4. The molecule has 30 heavy (non-hydrogen) atoms. The highest BCUT2D eigenvalue weighted by molar-refractivity contribution is 6.74. The number of aldehydes is 1. The molecule has 0 bridgehead atoms. The molecule has 1 aliphatic heterocycles. The Labute approximate surface area is 177 Å². The molecule has 3 heterocycles. The molecule has 0 spiro atoms. The van der Waals surface area contributed by atoms with Gasteiger partial charge in [0.1, 0.15) is 0 Å². The van der Waals surface area contributed by atoms with Crippen LogP contribution < -0.4 is 5.56 Å². The maximum Gasteiger partial charge on any atom is 0.257 e. The maximum absolute atomic E-state index is 13.5. The Morgan fingerprint density at radius 1 is 1.20 bits per heavy atom. The van der Waals surface area contributed by atoms with Crippen molar-refractivity contribution >= 4 is 25.5 Å². The van der Waals surface area contributed by atoms with Crippen LogP contribution in [0.1, 0.15) is 55.3 Å². The van der Waals surface area contributed by atoms with Crippen molar-refractivity contribution in [3.63, 3.8) is 0 Å². The summed E-state index contributed by atoms with van der Waals surface area (Å²) in [5.74, 6) is 0. The van der Waals surface area contributed by atoms with E-state index in [0.29, 0.717) is 23.4 Å². The Kier molecular flexibility index (Phi) is 4.82. The third-order valence-corrected chi connectivity index (χ3v) is 11.1. The van der Waals surface area contributed by atoms with E-state index in [2.05, 4.69) is 39.9 Å². The van der Waals surface area contributed by atoms with E-state index in [-0.39, 0.29) is 10.6 Å². The van der Waals surface area contributed by atoms with Crippen molar-refractivity contribution in [1.29, 1.82) is 0 Å². The van der Waals surface area contributed by atoms with Crippen molar-refractivity contribution in [1.82, 2.24) is 9.55 Å². The molecule has 0 saturated heterocycles. The Morgan fingerprint density at radius 3 is 2.57 bits per heavy atom. The summed E-state index contributed by atoms with van der Waals surface area (Å²) >= 11 is 0. The van der Waals surface area contributed by atoms with Crippen molar-refractivity contribution in [2.75, 3.05) is 0 Å². The zero-order valence-electron chi connectivity index (χ0n) is 18.4. The molecular weight excluding hydrogens is 392 g/mol. The summed E-state index contributed by atoms with van der Waals surface area (Å²) in [6.45, 7) is 13.1. The van der Waals surface area contributed by atoms with Crippen molar-refractivity contribution in [2.24, 2.45) is 0 Å². The van der Waals surface area contributed by atoms with Gasteiger partial charge in [-0.15, -0.1) is 0 Å². The van der Waals surface area contributed by atoms with Crippen LogP contribution in [0.3, 0.4) is 0 Å². The lowest BCUT2D eigenvalue weighted by Gasteiger charge is -2.38. The molecule has 3 aromatic rings. The average molecular weight is 421 g/mol. The minimum Gasteiger partial charge on any atom is -0.410 e. The van der Waals surface area contributed by atoms with Crippen LogP contribution in [0, 0.1) is 0 Å². The quantitative estimate of drug-likeness (QED) is 0.331. The van der Waals surface area contributed by atoms with Gasteiger partial charge in [-0.05, 0) is 43.3 Å². The first-order valence-corrected chi connectivity index (χ1v) is 13.2. The third-order valence-electron chi connectivity index (χ3n) is 6.55. The van der Waals surface area contributed by atoms with Crippen LogP contribution in [0.15, 0.2) is 41.2 Å². The number of benzene rings is 1. The van der Waals surface area contributed by atoms with Crippen molar-refractivity contribution < 1.29 is 9.22 Å². The molecule has 0 aliphatic carbocycles. The van der Waals surface area contributed by atoms with Gasteiger partial charge >= 0.3 is 0 Å². The van der Waals surface area contributed by atoms with Gasteiger partial charge in [0.15, 0.2) is 14.6 Å². The zero-order chi connectivity index (χ0) is 21.8. The monoisotopic (exact) mass is 420 g/mol. The van der Waals surface area contributed by atoms with Gasteiger partial charge in [-0.1, -0.05) is 39.0 Å². The van der Waals surface area contributed by atoms with Crippen LogP contribution >= 0.6 is 0 Å². The fourth-order valence-corrected chi connectivity index (χ4v) is 5.25. The molecule has 2 aromatic heterocycles. The van der Waals surface area contributed by atoms with Crippen molar-refractivity contribution in [3.05, 3.63) is 63.4 Å². The molecule has 0 saturated carbocycles. The lowest BCUT2D eigenvalue weighted by Crippen LogP contribution is -2.42. The summed E-state index contributed by atoms with van der Waals surface area (Å²) in [5, 5.41) is 1.05. The second kappa shape index (κ2) is 6.99. The van der Waals surface area contributed by atoms with Crippen LogP contribution in [-0.4, -0.2) is 24.2 Å². The normalized spacial score (nSPS) is 14.5. The average Bonchev–Trinajstić information content (AvgIpc) is 3.02. The fraction of sp³-hybridized carbons (Fsp3) is 0.375. The first kappa shape index (κ1) is 20.7. The molecule has 0 N–H and O–H groups in total. The zero-order valence-corrected chi connectivity index (χ0v) is 19.4. The summed E-state index contributed by atoms with van der Waals surface area (Å²) in [5.41, 5.74) is 4.02. The van der Waals surface area contributed by atoms with Gasteiger partial charge in [-0.25, -0.2) is 4.98 Å². The van der Waals surface area contributed by atoms with Gasteiger partial charge in [-0.2, -0.15) is 0 Å². The number of nitrogens with zero attached hydrogens (tertiary/aromatic N) is 2. The van der Waals surface area contributed by atoms with Gasteiger partial charge in [0.25, 0.3) is 5.56 Å². The lowest BCUT2D eigenvalue weighted by atomic mass is 10.0. The highest BCUT2D eigenvalue weighted by atomic mass is 28.4. The molecule has 0 fully saturated rings. The summed E-state index contributed by atoms with van der Waals surface area (Å²) in [7, 11) is -2.11. The topological polar surface area (TPSA) is 61.2 Å². The minimum absolute atomic E-state index is 0.00971. The van der Waals surface area contributed by atoms with Crippen LogP contribution in [-0.2, 0) is 11.0 Å². The van der Waals surface area contributed by atoms with Crippen LogP contribution in [0.2, 0.25) is 18.1 Å². The first-order chi connectivity index (χ1) is 14.0. The largest absolute Gasteiger partial charge is 0.410 e. The van der Waals surface area contributed by atoms with E-state index in [0.717, 1.165) is 28.4 Å². The van der Waals surface area contributed by atoms with E-state index in [4.69, 9.17) is 9.41 Å². The lowest BCUT2D eigenvalue weighted by molar-refractivity contribution is 0.111. The minimum atomic E-state index is -2.11. The Hall–Kier alpha value is -2.57. The Balaban J connectivity index is 1.83. The number of hydrogen-bond donors (Lipinski definition) is 0. The Bertz CT molecular complexity index is 1220. The first-order valence-electron chi connectivity index (χ1n) is 10.3. The molecule has 156 valence electrons. The molecule has 6 heteroatoms. The standard InChI is InChI=1S/C24H28N2O3Si/c1-15(29-30(5,6)24(2,3)4)21-18(14-27)12-20-22-17(13-26(20)23(21)28)11-16-9-7-8-10-19(16)25-22/h7-12,14-15H,13H2,1-6H3. The van der Waals surface area contributed by atoms with Gasteiger partial charge in [0, 0.05) is 16.5 Å². The molecule has 1 atom stereocenters.